The van der Waals surface area contributed by atoms with Gasteiger partial charge in [0.25, 0.3) is 0 Å². The maximum Gasteiger partial charge on any atom is 0.410 e. The topological polar surface area (TPSA) is 49.8 Å². The molecule has 1 rings (SSSR count). The molecule has 0 spiro atoms. The number of likely N-dealkylation sites (tertiary alicyclic amines) is 1. The molecule has 100 valence electrons. The van der Waals surface area contributed by atoms with Crippen molar-refractivity contribution in [2.24, 2.45) is 5.92 Å². The number of carbonyl (C=O) groups is 1. The van der Waals surface area contributed by atoms with Crippen LogP contribution in [-0.2, 0) is 4.74 Å². The molecule has 1 aliphatic heterocycles. The second-order valence-electron chi connectivity index (χ2n) is 5.64. The number of carbonyl (C=O) groups excluding carboxylic acids is 1. The maximum atomic E-state index is 13.7. The average Bonchev–Trinajstić information content (AvgIpc) is 2.14. The van der Waals surface area contributed by atoms with Crippen molar-refractivity contribution in [2.75, 3.05) is 13.1 Å². The van der Waals surface area contributed by atoms with E-state index in [4.69, 9.17) is 4.74 Å². The average molecular weight is 247 g/mol. The molecule has 0 saturated carbocycles. The molecule has 4 nitrogen and oxygen atoms in total. The Balaban J connectivity index is 2.52. The number of alkyl halides is 1. The summed E-state index contributed by atoms with van der Waals surface area (Å²) in [5, 5.41) is 9.38. The van der Waals surface area contributed by atoms with E-state index in [2.05, 4.69) is 0 Å². The summed E-state index contributed by atoms with van der Waals surface area (Å²) in [5.41, 5.74) is -0.565. The molecular weight excluding hydrogens is 225 g/mol. The van der Waals surface area contributed by atoms with Gasteiger partial charge in [-0.1, -0.05) is 0 Å². The molecular formula is C12H22FNO3. The molecule has 1 aliphatic rings. The number of aliphatic hydroxyl groups excluding tert-OH is 1. The maximum absolute atomic E-state index is 13.7. The van der Waals surface area contributed by atoms with Gasteiger partial charge in [-0.25, -0.2) is 9.18 Å². The van der Waals surface area contributed by atoms with Crippen LogP contribution in [0.1, 0.15) is 34.1 Å². The van der Waals surface area contributed by atoms with E-state index in [0.717, 1.165) is 0 Å². The number of hydrogen-bond donors (Lipinski definition) is 1. The highest BCUT2D eigenvalue weighted by molar-refractivity contribution is 5.68. The number of piperidine rings is 1. The van der Waals surface area contributed by atoms with E-state index >= 15 is 0 Å². The Morgan fingerprint density at radius 1 is 1.53 bits per heavy atom. The normalized spacial score (nSPS) is 27.8. The van der Waals surface area contributed by atoms with Gasteiger partial charge in [-0.05, 0) is 34.1 Å². The lowest BCUT2D eigenvalue weighted by Crippen LogP contribution is -2.49. The summed E-state index contributed by atoms with van der Waals surface area (Å²) in [6.45, 7) is 7.36. The van der Waals surface area contributed by atoms with Gasteiger partial charge in [0.2, 0.25) is 0 Å². The summed E-state index contributed by atoms with van der Waals surface area (Å²) in [5.74, 6) is -0.381. The van der Waals surface area contributed by atoms with Crippen molar-refractivity contribution < 1.29 is 19.0 Å². The number of hydrogen-bond acceptors (Lipinski definition) is 3. The van der Waals surface area contributed by atoms with Crippen molar-refractivity contribution in [2.45, 2.75) is 52.0 Å². The minimum Gasteiger partial charge on any atom is -0.444 e. The van der Waals surface area contributed by atoms with Crippen molar-refractivity contribution in [1.82, 2.24) is 4.90 Å². The second-order valence-corrected chi connectivity index (χ2v) is 5.64. The molecule has 0 unspecified atom stereocenters. The van der Waals surface area contributed by atoms with Crippen LogP contribution in [0.25, 0.3) is 0 Å². The Labute approximate surface area is 102 Å². The molecule has 5 heteroatoms. The Kier molecular flexibility index (Phi) is 4.36. The molecule has 1 heterocycles. The van der Waals surface area contributed by atoms with Crippen molar-refractivity contribution >= 4 is 6.09 Å². The van der Waals surface area contributed by atoms with Crippen LogP contribution in [-0.4, -0.2) is 47.1 Å². The van der Waals surface area contributed by atoms with Gasteiger partial charge >= 0.3 is 6.09 Å². The number of ether oxygens (including phenoxy) is 1. The Morgan fingerprint density at radius 3 is 2.53 bits per heavy atom. The molecule has 0 aromatic rings. The van der Waals surface area contributed by atoms with Crippen LogP contribution in [0, 0.1) is 5.92 Å². The van der Waals surface area contributed by atoms with E-state index in [0.29, 0.717) is 13.0 Å². The van der Waals surface area contributed by atoms with Gasteiger partial charge in [0.1, 0.15) is 11.8 Å². The summed E-state index contributed by atoms with van der Waals surface area (Å²) in [7, 11) is 0. The lowest BCUT2D eigenvalue weighted by molar-refractivity contribution is -0.0154. The van der Waals surface area contributed by atoms with Crippen LogP contribution in [0.15, 0.2) is 0 Å². The molecule has 0 aliphatic carbocycles. The minimum absolute atomic E-state index is 0.00444. The standard InChI is InChI=1S/C12H22FNO3/c1-8(15)9-5-6-14(7-10(9)13)11(16)17-12(2,3)4/h8-10,15H,5-7H2,1-4H3/t8-,9-,10-/m0/s1. The SMILES string of the molecule is C[C@H](O)[C@@H]1CCN(C(=O)OC(C)(C)C)C[C@@H]1F. The van der Waals surface area contributed by atoms with Crippen LogP contribution in [0.2, 0.25) is 0 Å². The van der Waals surface area contributed by atoms with Gasteiger partial charge in [-0.3, -0.25) is 0 Å². The summed E-state index contributed by atoms with van der Waals surface area (Å²) in [6.07, 6.45) is -1.87. The first-order valence-electron chi connectivity index (χ1n) is 6.01. The first kappa shape index (κ1) is 14.2. The highest BCUT2D eigenvalue weighted by atomic mass is 19.1. The minimum atomic E-state index is -1.18. The summed E-state index contributed by atoms with van der Waals surface area (Å²) in [4.78, 5) is 13.1. The molecule has 1 N–H and O–H groups in total. The van der Waals surface area contributed by atoms with E-state index in [1.54, 1.807) is 27.7 Å². The number of nitrogens with zero attached hydrogens (tertiary/aromatic N) is 1. The molecule has 0 aromatic carbocycles. The van der Waals surface area contributed by atoms with Crippen LogP contribution in [0.5, 0.6) is 0 Å². The van der Waals surface area contributed by atoms with Crippen molar-refractivity contribution in [3.63, 3.8) is 0 Å². The highest BCUT2D eigenvalue weighted by Crippen LogP contribution is 2.24. The molecule has 0 radical (unpaired) electrons. The van der Waals surface area contributed by atoms with Crippen LogP contribution in [0.3, 0.4) is 0 Å². The van der Waals surface area contributed by atoms with Gasteiger partial charge in [0.15, 0.2) is 0 Å². The Morgan fingerprint density at radius 2 is 2.12 bits per heavy atom. The van der Waals surface area contributed by atoms with Gasteiger partial charge in [0, 0.05) is 12.5 Å². The van der Waals surface area contributed by atoms with Gasteiger partial charge in [-0.2, -0.15) is 0 Å². The monoisotopic (exact) mass is 247 g/mol. The fourth-order valence-corrected chi connectivity index (χ4v) is 1.96. The number of rotatable bonds is 1. The van der Waals surface area contributed by atoms with E-state index in [-0.39, 0.29) is 12.5 Å². The third-order valence-electron chi connectivity index (χ3n) is 2.86. The summed E-state index contributed by atoms with van der Waals surface area (Å²) < 4.78 is 18.9. The lowest BCUT2D eigenvalue weighted by atomic mass is 9.91. The zero-order valence-electron chi connectivity index (χ0n) is 10.9. The van der Waals surface area contributed by atoms with E-state index in [1.807, 2.05) is 0 Å². The summed E-state index contributed by atoms with van der Waals surface area (Å²) in [6, 6.07) is 0. The lowest BCUT2D eigenvalue weighted by Gasteiger charge is -2.36. The van der Waals surface area contributed by atoms with E-state index in [1.165, 1.54) is 4.90 Å². The predicted octanol–water partition coefficient (Wildman–Crippen LogP) is 1.96. The molecule has 0 aromatic heterocycles. The number of aliphatic hydroxyl groups is 1. The quantitative estimate of drug-likeness (QED) is 0.770. The third kappa shape index (κ3) is 4.15. The smallest absolute Gasteiger partial charge is 0.410 e. The Bertz CT molecular complexity index is 275. The number of halogens is 1. The first-order chi connectivity index (χ1) is 7.70. The van der Waals surface area contributed by atoms with E-state index in [9.17, 15) is 14.3 Å². The molecule has 1 amide bonds. The highest BCUT2D eigenvalue weighted by Gasteiger charge is 2.35. The molecule has 1 fully saturated rings. The Hall–Kier alpha value is -0.840. The second kappa shape index (κ2) is 5.21. The fraction of sp³-hybridized carbons (Fsp3) is 0.917. The zero-order chi connectivity index (χ0) is 13.2. The molecule has 3 atom stereocenters. The third-order valence-corrected chi connectivity index (χ3v) is 2.86. The van der Waals surface area contributed by atoms with Crippen molar-refractivity contribution in [3.8, 4) is 0 Å². The fourth-order valence-electron chi connectivity index (χ4n) is 1.96. The van der Waals surface area contributed by atoms with Crippen LogP contribution >= 0.6 is 0 Å². The van der Waals surface area contributed by atoms with Gasteiger partial charge in [0.05, 0.1) is 12.6 Å². The largest absolute Gasteiger partial charge is 0.444 e. The predicted molar refractivity (Wildman–Crippen MR) is 62.5 cm³/mol. The van der Waals surface area contributed by atoms with Gasteiger partial charge < -0.3 is 14.7 Å². The summed E-state index contributed by atoms with van der Waals surface area (Å²) >= 11 is 0. The zero-order valence-corrected chi connectivity index (χ0v) is 10.9. The van der Waals surface area contributed by atoms with Crippen molar-refractivity contribution in [3.05, 3.63) is 0 Å². The molecule has 0 bridgehead atoms. The first-order valence-corrected chi connectivity index (χ1v) is 6.01. The van der Waals surface area contributed by atoms with E-state index < -0.39 is 24.0 Å². The van der Waals surface area contributed by atoms with Crippen LogP contribution in [0.4, 0.5) is 9.18 Å². The molecule has 17 heavy (non-hydrogen) atoms. The molecule has 1 saturated heterocycles. The number of amides is 1. The van der Waals surface area contributed by atoms with Crippen LogP contribution < -0.4 is 0 Å². The van der Waals surface area contributed by atoms with Crippen molar-refractivity contribution in [1.29, 1.82) is 0 Å². The van der Waals surface area contributed by atoms with Gasteiger partial charge in [-0.15, -0.1) is 0 Å².